The van der Waals surface area contributed by atoms with Crippen LogP contribution in [0.25, 0.3) is 0 Å². The molecule has 0 aliphatic carbocycles. The van der Waals surface area contributed by atoms with Gasteiger partial charge >= 0.3 is 0 Å². The molecule has 0 aromatic heterocycles. The molecule has 0 bridgehead atoms. The molecule has 0 spiro atoms. The zero-order chi connectivity index (χ0) is 21.6. The number of benzene rings is 1. The highest BCUT2D eigenvalue weighted by Gasteiger charge is 2.38. The van der Waals surface area contributed by atoms with Crippen LogP contribution >= 0.6 is 0 Å². The molecular weight excluding hydrogens is 290 g/mol. The van der Waals surface area contributed by atoms with Gasteiger partial charge in [0, 0.05) is 19.1 Å². The second-order valence-electron chi connectivity index (χ2n) is 7.16. The SMILES string of the molecule is [2H]C([2H])([2H])Oc1cc2c(cc1OC([2H])([2H])[2H])[C@H]1C[C@H](O)[C@H](CC(C)C)CN1CC2. The largest absolute Gasteiger partial charge is 0.493 e. The normalized spacial score (nSPS) is 32.4. The van der Waals surface area contributed by atoms with Crippen LogP contribution in [0.5, 0.6) is 11.5 Å². The van der Waals surface area contributed by atoms with E-state index in [9.17, 15) is 5.11 Å². The minimum Gasteiger partial charge on any atom is -0.493 e. The van der Waals surface area contributed by atoms with E-state index in [0.717, 1.165) is 30.6 Å². The molecule has 1 aromatic carbocycles. The van der Waals surface area contributed by atoms with Crippen molar-refractivity contribution in [1.82, 2.24) is 4.90 Å². The zero-order valence-electron chi connectivity index (χ0n) is 19.7. The van der Waals surface area contributed by atoms with Gasteiger partial charge in [-0.2, -0.15) is 0 Å². The van der Waals surface area contributed by atoms with Crippen LogP contribution in [-0.2, 0) is 6.42 Å². The average Bonchev–Trinajstić information content (AvgIpc) is 2.53. The van der Waals surface area contributed by atoms with Gasteiger partial charge in [0.05, 0.1) is 28.4 Å². The fraction of sp³-hybridized carbons (Fsp3) is 0.684. The van der Waals surface area contributed by atoms with Gasteiger partial charge in [0.15, 0.2) is 11.5 Å². The van der Waals surface area contributed by atoms with E-state index >= 15 is 0 Å². The fourth-order valence-corrected chi connectivity index (χ4v) is 4.10. The Morgan fingerprint density at radius 2 is 2.04 bits per heavy atom. The quantitative estimate of drug-likeness (QED) is 0.924. The summed E-state index contributed by atoms with van der Waals surface area (Å²) in [6.45, 7) is 5.88. The molecule has 2 aliphatic heterocycles. The molecule has 4 heteroatoms. The topological polar surface area (TPSA) is 41.9 Å². The van der Waals surface area contributed by atoms with Crippen LogP contribution in [-0.4, -0.2) is 43.3 Å². The number of methoxy groups -OCH3 is 2. The molecule has 2 heterocycles. The van der Waals surface area contributed by atoms with Crippen LogP contribution < -0.4 is 9.47 Å². The van der Waals surface area contributed by atoms with Crippen molar-refractivity contribution < 1.29 is 22.8 Å². The Bertz CT molecular complexity index is 734. The van der Waals surface area contributed by atoms with Crippen molar-refractivity contribution in [1.29, 1.82) is 0 Å². The molecule has 1 N–H and O–H groups in total. The summed E-state index contributed by atoms with van der Waals surface area (Å²) in [4.78, 5) is 2.32. The van der Waals surface area contributed by atoms with Gasteiger partial charge in [0.25, 0.3) is 0 Å². The Morgan fingerprint density at radius 1 is 1.30 bits per heavy atom. The maximum absolute atomic E-state index is 10.7. The van der Waals surface area contributed by atoms with Crippen molar-refractivity contribution in [3.05, 3.63) is 23.3 Å². The summed E-state index contributed by atoms with van der Waals surface area (Å²) in [5, 5.41) is 10.7. The predicted molar refractivity (Wildman–Crippen MR) is 91.1 cm³/mol. The van der Waals surface area contributed by atoms with Gasteiger partial charge in [0.2, 0.25) is 0 Å². The van der Waals surface area contributed by atoms with Crippen LogP contribution in [0.2, 0.25) is 0 Å². The standard InChI is InChI=1S/C19H29NO3/c1-12(2)7-14-11-20-6-5-13-8-18(22-3)19(23-4)9-15(13)16(20)10-17(14)21/h8-9,12,14,16-17,21H,5-7,10-11H2,1-4H3/t14-,16-,17+/m1/s1/i3D3,4D3. The van der Waals surface area contributed by atoms with Crippen molar-refractivity contribution in [2.24, 2.45) is 11.8 Å². The molecule has 0 amide bonds. The van der Waals surface area contributed by atoms with Gasteiger partial charge < -0.3 is 14.6 Å². The second-order valence-corrected chi connectivity index (χ2v) is 7.16. The summed E-state index contributed by atoms with van der Waals surface area (Å²) in [5.41, 5.74) is 1.77. The number of aliphatic hydroxyl groups is 1. The Labute approximate surface area is 147 Å². The molecule has 1 saturated heterocycles. The van der Waals surface area contributed by atoms with Crippen LogP contribution in [0.1, 0.15) is 52.1 Å². The average molecular weight is 325 g/mol. The van der Waals surface area contributed by atoms with Gasteiger partial charge in [-0.05, 0) is 54.4 Å². The molecule has 2 aliphatic rings. The van der Waals surface area contributed by atoms with Crippen molar-refractivity contribution >= 4 is 0 Å². The highest BCUT2D eigenvalue weighted by Crippen LogP contribution is 2.43. The highest BCUT2D eigenvalue weighted by molar-refractivity contribution is 5.49. The minimum atomic E-state index is -2.73. The molecule has 0 unspecified atom stereocenters. The zero-order valence-corrected chi connectivity index (χ0v) is 13.7. The molecular formula is C19H29NO3. The first-order valence-electron chi connectivity index (χ1n) is 11.3. The smallest absolute Gasteiger partial charge is 0.161 e. The van der Waals surface area contributed by atoms with E-state index in [-0.39, 0.29) is 23.5 Å². The van der Waals surface area contributed by atoms with Gasteiger partial charge in [0.1, 0.15) is 0 Å². The summed E-state index contributed by atoms with van der Waals surface area (Å²) in [6, 6.07) is 3.10. The molecule has 1 aromatic rings. The monoisotopic (exact) mass is 325 g/mol. The number of aliphatic hydroxyl groups excluding tert-OH is 1. The number of fused-ring (bicyclic) bond motifs is 3. The lowest BCUT2D eigenvalue weighted by Crippen LogP contribution is -2.48. The third kappa shape index (κ3) is 3.20. The van der Waals surface area contributed by atoms with E-state index in [4.69, 9.17) is 17.7 Å². The number of hydrogen-bond donors (Lipinski definition) is 1. The van der Waals surface area contributed by atoms with Gasteiger partial charge in [-0.15, -0.1) is 0 Å². The summed E-state index contributed by atoms with van der Waals surface area (Å²) in [5.74, 6) is 0.508. The van der Waals surface area contributed by atoms with E-state index in [0.29, 0.717) is 18.8 Å². The van der Waals surface area contributed by atoms with Gasteiger partial charge in [-0.1, -0.05) is 13.8 Å². The van der Waals surface area contributed by atoms with Crippen LogP contribution in [0.4, 0.5) is 0 Å². The summed E-state index contributed by atoms with van der Waals surface area (Å²) >= 11 is 0. The third-order valence-electron chi connectivity index (χ3n) is 5.15. The van der Waals surface area contributed by atoms with E-state index in [1.807, 2.05) is 0 Å². The Hall–Kier alpha value is -1.26. The van der Waals surface area contributed by atoms with Crippen LogP contribution in [0.15, 0.2) is 12.1 Å². The molecule has 3 rings (SSSR count). The first kappa shape index (κ1) is 10.6. The number of nitrogens with zero attached hydrogens (tertiary/aromatic N) is 1. The number of piperidine rings is 1. The van der Waals surface area contributed by atoms with E-state index in [2.05, 4.69) is 18.7 Å². The van der Waals surface area contributed by atoms with Crippen molar-refractivity contribution in [3.8, 4) is 11.5 Å². The number of ether oxygens (including phenoxy) is 2. The summed E-state index contributed by atoms with van der Waals surface area (Å²) < 4.78 is 54.4. The minimum absolute atomic E-state index is 0.0575. The number of rotatable bonds is 4. The van der Waals surface area contributed by atoms with Gasteiger partial charge in [-0.3, -0.25) is 4.90 Å². The molecule has 4 nitrogen and oxygen atoms in total. The highest BCUT2D eigenvalue weighted by atomic mass is 16.5. The molecule has 0 radical (unpaired) electrons. The molecule has 1 fully saturated rings. The van der Waals surface area contributed by atoms with E-state index in [1.165, 1.54) is 0 Å². The Morgan fingerprint density at radius 3 is 2.74 bits per heavy atom. The molecule has 128 valence electrons. The van der Waals surface area contributed by atoms with Crippen LogP contribution in [0, 0.1) is 11.8 Å². The van der Waals surface area contributed by atoms with E-state index < -0.39 is 20.2 Å². The molecule has 23 heavy (non-hydrogen) atoms. The lowest BCUT2D eigenvalue weighted by Gasteiger charge is -2.46. The van der Waals surface area contributed by atoms with Gasteiger partial charge in [-0.25, -0.2) is 0 Å². The molecule has 3 atom stereocenters. The van der Waals surface area contributed by atoms with Crippen LogP contribution in [0.3, 0.4) is 0 Å². The Kier molecular flexibility index (Phi) is 3.08. The Balaban J connectivity index is 1.94. The number of hydrogen-bond acceptors (Lipinski definition) is 4. The lowest BCUT2D eigenvalue weighted by molar-refractivity contribution is -0.0191. The van der Waals surface area contributed by atoms with E-state index in [1.54, 1.807) is 12.1 Å². The van der Waals surface area contributed by atoms with Crippen molar-refractivity contribution in [3.63, 3.8) is 0 Å². The second kappa shape index (κ2) is 6.70. The van der Waals surface area contributed by atoms with Crippen molar-refractivity contribution in [2.45, 2.75) is 45.3 Å². The first-order valence-corrected chi connectivity index (χ1v) is 8.29. The first-order chi connectivity index (χ1) is 13.3. The predicted octanol–water partition coefficient (Wildman–Crippen LogP) is 3.03. The maximum Gasteiger partial charge on any atom is 0.161 e. The lowest BCUT2D eigenvalue weighted by atomic mass is 9.79. The fourth-order valence-electron chi connectivity index (χ4n) is 4.10. The maximum atomic E-state index is 10.7. The summed E-state index contributed by atoms with van der Waals surface area (Å²) in [6.07, 6.45) is 1.77. The van der Waals surface area contributed by atoms with Crippen molar-refractivity contribution in [2.75, 3.05) is 27.2 Å². The summed E-state index contributed by atoms with van der Waals surface area (Å²) in [7, 11) is -5.45. The molecule has 0 saturated carbocycles. The third-order valence-corrected chi connectivity index (χ3v) is 5.15.